The zero-order valence-corrected chi connectivity index (χ0v) is 14.1. The molecule has 1 aromatic carbocycles. The fourth-order valence-electron chi connectivity index (χ4n) is 2.84. The zero-order valence-electron chi connectivity index (χ0n) is 14.1. The Hall–Kier alpha value is -2.10. The van der Waals surface area contributed by atoms with Gasteiger partial charge in [-0.3, -0.25) is 0 Å². The highest BCUT2D eigenvalue weighted by Crippen LogP contribution is 2.25. The second kappa shape index (κ2) is 7.44. The van der Waals surface area contributed by atoms with Crippen LogP contribution in [0.5, 0.6) is 0 Å². The van der Waals surface area contributed by atoms with Crippen molar-refractivity contribution in [3.05, 3.63) is 36.4 Å². The molecule has 1 aliphatic rings. The summed E-state index contributed by atoms with van der Waals surface area (Å²) in [6, 6.07) is 12.3. The van der Waals surface area contributed by atoms with Crippen LogP contribution in [-0.2, 0) is 0 Å². The van der Waals surface area contributed by atoms with Crippen molar-refractivity contribution < 1.29 is 0 Å². The predicted molar refractivity (Wildman–Crippen MR) is 96.9 cm³/mol. The van der Waals surface area contributed by atoms with E-state index in [1.807, 2.05) is 18.2 Å². The molecule has 1 saturated heterocycles. The first kappa shape index (κ1) is 15.8. The van der Waals surface area contributed by atoms with E-state index in [2.05, 4.69) is 42.3 Å². The molecule has 0 unspecified atom stereocenters. The van der Waals surface area contributed by atoms with Crippen LogP contribution in [-0.4, -0.2) is 29.6 Å². The second-order valence-corrected chi connectivity index (χ2v) is 6.60. The fraction of sp³-hybridized carbons (Fsp3) is 0.474. The Labute approximate surface area is 139 Å². The molecule has 4 nitrogen and oxygen atoms in total. The molecule has 4 heteroatoms. The third-order valence-electron chi connectivity index (χ3n) is 4.20. The summed E-state index contributed by atoms with van der Waals surface area (Å²) in [6.07, 6.45) is 3.64. The van der Waals surface area contributed by atoms with Crippen molar-refractivity contribution in [1.29, 1.82) is 0 Å². The van der Waals surface area contributed by atoms with Gasteiger partial charge in [0, 0.05) is 31.3 Å². The summed E-state index contributed by atoms with van der Waals surface area (Å²) >= 11 is 0. The largest absolute Gasteiger partial charge is 0.370 e. The Kier molecular flexibility index (Phi) is 5.11. The van der Waals surface area contributed by atoms with E-state index in [1.165, 1.54) is 12.8 Å². The number of benzene rings is 1. The van der Waals surface area contributed by atoms with Crippen molar-refractivity contribution >= 4 is 11.6 Å². The Balaban J connectivity index is 1.87. The molecule has 1 aliphatic heterocycles. The lowest BCUT2D eigenvalue weighted by Crippen LogP contribution is -2.20. The van der Waals surface area contributed by atoms with Gasteiger partial charge in [0.25, 0.3) is 0 Å². The summed E-state index contributed by atoms with van der Waals surface area (Å²) in [5.41, 5.74) is 1.07. The molecule has 2 heterocycles. The minimum absolute atomic E-state index is 0.691. The van der Waals surface area contributed by atoms with E-state index in [1.54, 1.807) is 0 Å². The van der Waals surface area contributed by atoms with Crippen molar-refractivity contribution in [2.45, 2.75) is 33.1 Å². The van der Waals surface area contributed by atoms with Crippen molar-refractivity contribution in [2.24, 2.45) is 5.92 Å². The van der Waals surface area contributed by atoms with E-state index in [-0.39, 0.29) is 0 Å². The van der Waals surface area contributed by atoms with Crippen LogP contribution in [0.4, 0.5) is 11.6 Å². The van der Waals surface area contributed by atoms with Crippen molar-refractivity contribution in [1.82, 2.24) is 9.97 Å². The molecule has 0 amide bonds. The first-order valence-electron chi connectivity index (χ1n) is 8.66. The van der Waals surface area contributed by atoms with Gasteiger partial charge in [0.05, 0.1) is 0 Å². The average molecular weight is 310 g/mol. The normalized spacial score (nSPS) is 14.5. The molecule has 122 valence electrons. The molecule has 1 aromatic heterocycles. The molecular weight excluding hydrogens is 284 g/mol. The van der Waals surface area contributed by atoms with Crippen LogP contribution in [0, 0.1) is 5.92 Å². The zero-order chi connectivity index (χ0) is 16.1. The van der Waals surface area contributed by atoms with Gasteiger partial charge in [0.1, 0.15) is 11.6 Å². The van der Waals surface area contributed by atoms with Gasteiger partial charge in [-0.25, -0.2) is 9.97 Å². The summed E-state index contributed by atoms with van der Waals surface area (Å²) in [7, 11) is 0. The Morgan fingerprint density at radius 2 is 1.83 bits per heavy atom. The Bertz CT molecular complexity index is 619. The molecule has 0 radical (unpaired) electrons. The number of hydrogen-bond donors (Lipinski definition) is 1. The van der Waals surface area contributed by atoms with Crippen LogP contribution in [0.1, 0.15) is 33.1 Å². The standard InChI is InChI=1S/C19H26N4/c1-15(2)10-11-20-17-14-18(23-12-6-7-13-23)22-19(21-17)16-8-4-3-5-9-16/h3-5,8-9,14-15H,6-7,10-13H2,1-2H3,(H,20,21,22). The minimum Gasteiger partial charge on any atom is -0.370 e. The molecule has 3 rings (SSSR count). The van der Waals surface area contributed by atoms with Gasteiger partial charge in [0.15, 0.2) is 5.82 Å². The molecule has 0 bridgehead atoms. The van der Waals surface area contributed by atoms with Crippen molar-refractivity contribution in [3.63, 3.8) is 0 Å². The first-order valence-corrected chi connectivity index (χ1v) is 8.66. The topological polar surface area (TPSA) is 41.0 Å². The van der Waals surface area contributed by atoms with Crippen molar-refractivity contribution in [3.8, 4) is 11.4 Å². The number of aromatic nitrogens is 2. The van der Waals surface area contributed by atoms with E-state index in [9.17, 15) is 0 Å². The number of hydrogen-bond acceptors (Lipinski definition) is 4. The summed E-state index contributed by atoms with van der Waals surface area (Å²) in [5.74, 6) is 3.47. The molecular formula is C19H26N4. The number of nitrogens with zero attached hydrogens (tertiary/aromatic N) is 3. The minimum atomic E-state index is 0.691. The van der Waals surface area contributed by atoms with Crippen LogP contribution in [0.3, 0.4) is 0 Å². The smallest absolute Gasteiger partial charge is 0.163 e. The molecule has 1 fully saturated rings. The SMILES string of the molecule is CC(C)CCNc1cc(N2CCCC2)nc(-c2ccccc2)n1. The van der Waals surface area contributed by atoms with E-state index in [0.717, 1.165) is 49.1 Å². The van der Waals surface area contributed by atoms with Crippen LogP contribution in [0.15, 0.2) is 36.4 Å². The van der Waals surface area contributed by atoms with E-state index >= 15 is 0 Å². The number of rotatable bonds is 6. The van der Waals surface area contributed by atoms with Gasteiger partial charge in [-0.05, 0) is 25.2 Å². The number of anilines is 2. The van der Waals surface area contributed by atoms with Gasteiger partial charge in [-0.15, -0.1) is 0 Å². The quantitative estimate of drug-likeness (QED) is 0.868. The second-order valence-electron chi connectivity index (χ2n) is 6.60. The maximum absolute atomic E-state index is 4.80. The molecule has 0 atom stereocenters. The summed E-state index contributed by atoms with van der Waals surface area (Å²) in [5, 5.41) is 3.47. The van der Waals surface area contributed by atoms with Gasteiger partial charge in [0.2, 0.25) is 0 Å². The van der Waals surface area contributed by atoms with Crippen LogP contribution in [0.2, 0.25) is 0 Å². The lowest BCUT2D eigenvalue weighted by Gasteiger charge is -2.18. The highest BCUT2D eigenvalue weighted by atomic mass is 15.2. The summed E-state index contributed by atoms with van der Waals surface area (Å²) in [4.78, 5) is 11.9. The van der Waals surface area contributed by atoms with Gasteiger partial charge in [-0.2, -0.15) is 0 Å². The van der Waals surface area contributed by atoms with Crippen LogP contribution in [0.25, 0.3) is 11.4 Å². The fourth-order valence-corrected chi connectivity index (χ4v) is 2.84. The maximum Gasteiger partial charge on any atom is 0.163 e. The molecule has 1 N–H and O–H groups in total. The first-order chi connectivity index (χ1) is 11.2. The van der Waals surface area contributed by atoms with E-state index < -0.39 is 0 Å². The third kappa shape index (κ3) is 4.21. The van der Waals surface area contributed by atoms with E-state index in [4.69, 9.17) is 9.97 Å². The predicted octanol–water partition coefficient (Wildman–Crippen LogP) is 4.20. The average Bonchev–Trinajstić information content (AvgIpc) is 3.10. The molecule has 0 aliphatic carbocycles. The van der Waals surface area contributed by atoms with Crippen LogP contribution >= 0.6 is 0 Å². The Morgan fingerprint density at radius 1 is 1.09 bits per heavy atom. The maximum atomic E-state index is 4.80. The number of nitrogens with one attached hydrogen (secondary N) is 1. The monoisotopic (exact) mass is 310 g/mol. The molecule has 0 saturated carbocycles. The van der Waals surface area contributed by atoms with Gasteiger partial charge >= 0.3 is 0 Å². The van der Waals surface area contributed by atoms with Gasteiger partial charge in [-0.1, -0.05) is 44.2 Å². The molecule has 2 aromatic rings. The lowest BCUT2D eigenvalue weighted by molar-refractivity contribution is 0.606. The highest BCUT2D eigenvalue weighted by Gasteiger charge is 2.16. The summed E-state index contributed by atoms with van der Waals surface area (Å²) in [6.45, 7) is 7.62. The van der Waals surface area contributed by atoms with Gasteiger partial charge < -0.3 is 10.2 Å². The highest BCUT2D eigenvalue weighted by molar-refractivity contribution is 5.61. The molecule has 23 heavy (non-hydrogen) atoms. The summed E-state index contributed by atoms with van der Waals surface area (Å²) < 4.78 is 0. The van der Waals surface area contributed by atoms with Crippen molar-refractivity contribution in [2.75, 3.05) is 29.9 Å². The lowest BCUT2D eigenvalue weighted by atomic mass is 10.1. The Morgan fingerprint density at radius 3 is 2.52 bits per heavy atom. The van der Waals surface area contributed by atoms with E-state index in [0.29, 0.717) is 5.92 Å². The molecule has 0 spiro atoms. The van der Waals surface area contributed by atoms with Crippen LogP contribution < -0.4 is 10.2 Å². The third-order valence-corrected chi connectivity index (χ3v) is 4.20.